The standard InChI is InChI=1S/C24H29N5O3/c1-18-3-2-4-19(13-18)15-25-24(30)28-22-6-5-20(21-16-26-27-17-21)14-23(22)32-12-9-29-7-10-31-11-8-29/h2-6,13-14,16-17H,7-12,15H2,1H3,(H,26,27)(H2,25,28,30). The van der Waals surface area contributed by atoms with Gasteiger partial charge in [0.15, 0.2) is 0 Å². The Labute approximate surface area is 187 Å². The van der Waals surface area contributed by atoms with E-state index in [1.54, 1.807) is 6.20 Å². The zero-order chi connectivity index (χ0) is 22.2. The summed E-state index contributed by atoms with van der Waals surface area (Å²) in [5, 5.41) is 12.7. The Morgan fingerprint density at radius 1 is 1.19 bits per heavy atom. The van der Waals surface area contributed by atoms with Gasteiger partial charge in [0.2, 0.25) is 0 Å². The van der Waals surface area contributed by atoms with Crippen molar-refractivity contribution < 1.29 is 14.3 Å². The number of ether oxygens (including phenoxy) is 2. The minimum absolute atomic E-state index is 0.277. The first kappa shape index (κ1) is 21.9. The predicted octanol–water partition coefficient (Wildman–Crippen LogP) is 3.42. The van der Waals surface area contributed by atoms with Gasteiger partial charge in [0.05, 0.1) is 25.1 Å². The van der Waals surface area contributed by atoms with Crippen molar-refractivity contribution in [2.24, 2.45) is 0 Å². The minimum Gasteiger partial charge on any atom is -0.490 e. The molecule has 3 aromatic rings. The van der Waals surface area contributed by atoms with Crippen LogP contribution in [0.25, 0.3) is 11.1 Å². The fourth-order valence-electron chi connectivity index (χ4n) is 3.61. The molecule has 8 heteroatoms. The number of aromatic amines is 1. The number of carbonyl (C=O) groups is 1. The highest BCUT2D eigenvalue weighted by atomic mass is 16.5. The molecule has 0 saturated carbocycles. The van der Waals surface area contributed by atoms with Crippen LogP contribution in [-0.4, -0.2) is 60.6 Å². The van der Waals surface area contributed by atoms with Crippen molar-refractivity contribution in [3.05, 3.63) is 66.0 Å². The summed E-state index contributed by atoms with van der Waals surface area (Å²) in [6, 6.07) is 13.5. The molecule has 0 unspecified atom stereocenters. The summed E-state index contributed by atoms with van der Waals surface area (Å²) in [6.07, 6.45) is 3.59. The third-order valence-corrected chi connectivity index (χ3v) is 5.37. The number of amides is 2. The topological polar surface area (TPSA) is 91.5 Å². The Balaban J connectivity index is 1.41. The van der Waals surface area contributed by atoms with E-state index in [-0.39, 0.29) is 6.03 Å². The molecule has 3 N–H and O–H groups in total. The molecule has 1 saturated heterocycles. The first-order valence-corrected chi connectivity index (χ1v) is 10.8. The van der Waals surface area contributed by atoms with Crippen LogP contribution in [0.5, 0.6) is 5.75 Å². The molecule has 2 aromatic carbocycles. The van der Waals surface area contributed by atoms with Crippen LogP contribution in [0.4, 0.5) is 10.5 Å². The summed E-state index contributed by atoms with van der Waals surface area (Å²) in [6.45, 7) is 7.13. The van der Waals surface area contributed by atoms with E-state index in [4.69, 9.17) is 9.47 Å². The third-order valence-electron chi connectivity index (χ3n) is 5.37. The predicted molar refractivity (Wildman–Crippen MR) is 124 cm³/mol. The normalized spacial score (nSPS) is 14.2. The summed E-state index contributed by atoms with van der Waals surface area (Å²) in [4.78, 5) is 14.9. The lowest BCUT2D eigenvalue weighted by Gasteiger charge is -2.26. The highest BCUT2D eigenvalue weighted by Crippen LogP contribution is 2.30. The number of anilines is 1. The average Bonchev–Trinajstić information content (AvgIpc) is 3.35. The molecule has 4 rings (SSSR count). The highest BCUT2D eigenvalue weighted by Gasteiger charge is 2.13. The molecular formula is C24H29N5O3. The summed E-state index contributed by atoms with van der Waals surface area (Å²) in [7, 11) is 0. The van der Waals surface area contributed by atoms with E-state index in [2.05, 4.69) is 31.8 Å². The number of rotatable bonds is 8. The molecule has 32 heavy (non-hydrogen) atoms. The molecule has 0 radical (unpaired) electrons. The van der Waals surface area contributed by atoms with Gasteiger partial charge in [0.25, 0.3) is 0 Å². The van der Waals surface area contributed by atoms with E-state index in [9.17, 15) is 4.79 Å². The third kappa shape index (κ3) is 6.09. The molecule has 168 valence electrons. The molecule has 1 fully saturated rings. The largest absolute Gasteiger partial charge is 0.490 e. The van der Waals surface area contributed by atoms with Crippen molar-refractivity contribution in [2.75, 3.05) is 44.8 Å². The lowest BCUT2D eigenvalue weighted by atomic mass is 10.1. The Morgan fingerprint density at radius 2 is 2.06 bits per heavy atom. The summed E-state index contributed by atoms with van der Waals surface area (Å²) < 4.78 is 11.5. The van der Waals surface area contributed by atoms with Gasteiger partial charge in [-0.15, -0.1) is 0 Å². The second-order valence-electron chi connectivity index (χ2n) is 7.80. The molecule has 1 aromatic heterocycles. The van der Waals surface area contributed by atoms with E-state index in [0.29, 0.717) is 24.6 Å². The number of carbonyl (C=O) groups excluding carboxylic acids is 1. The van der Waals surface area contributed by atoms with Gasteiger partial charge in [-0.2, -0.15) is 5.10 Å². The number of aryl methyl sites for hydroxylation is 1. The monoisotopic (exact) mass is 435 g/mol. The summed E-state index contributed by atoms with van der Waals surface area (Å²) in [5.41, 5.74) is 4.76. The van der Waals surface area contributed by atoms with Crippen LogP contribution in [0.2, 0.25) is 0 Å². The van der Waals surface area contributed by atoms with E-state index in [1.165, 1.54) is 0 Å². The van der Waals surface area contributed by atoms with Gasteiger partial charge in [-0.1, -0.05) is 35.9 Å². The number of hydrogen-bond acceptors (Lipinski definition) is 5. The molecule has 2 amide bonds. The van der Waals surface area contributed by atoms with Gasteiger partial charge in [0.1, 0.15) is 12.4 Å². The van der Waals surface area contributed by atoms with Gasteiger partial charge >= 0.3 is 6.03 Å². The molecule has 0 atom stereocenters. The van der Waals surface area contributed by atoms with Gasteiger partial charge in [-0.3, -0.25) is 10.00 Å². The summed E-state index contributed by atoms with van der Waals surface area (Å²) in [5.74, 6) is 0.627. The van der Waals surface area contributed by atoms with Crippen LogP contribution in [0, 0.1) is 6.92 Å². The van der Waals surface area contributed by atoms with Crippen LogP contribution in [0.15, 0.2) is 54.9 Å². The molecule has 1 aliphatic heterocycles. The van der Waals surface area contributed by atoms with E-state index in [1.807, 2.05) is 49.5 Å². The molecule has 0 aliphatic carbocycles. The molecule has 0 bridgehead atoms. The van der Waals surface area contributed by atoms with Crippen molar-refractivity contribution in [3.63, 3.8) is 0 Å². The fraction of sp³-hybridized carbons (Fsp3) is 0.333. The Hall–Kier alpha value is -3.36. The highest BCUT2D eigenvalue weighted by molar-refractivity contribution is 5.91. The van der Waals surface area contributed by atoms with Crippen LogP contribution in [0.1, 0.15) is 11.1 Å². The van der Waals surface area contributed by atoms with Gasteiger partial charge in [-0.05, 0) is 30.2 Å². The zero-order valence-electron chi connectivity index (χ0n) is 18.3. The van der Waals surface area contributed by atoms with Crippen LogP contribution in [0.3, 0.4) is 0 Å². The zero-order valence-corrected chi connectivity index (χ0v) is 18.3. The maximum Gasteiger partial charge on any atom is 0.319 e. The van der Waals surface area contributed by atoms with Crippen LogP contribution < -0.4 is 15.4 Å². The van der Waals surface area contributed by atoms with E-state index < -0.39 is 0 Å². The second kappa shape index (κ2) is 10.8. The summed E-state index contributed by atoms with van der Waals surface area (Å²) >= 11 is 0. The maximum atomic E-state index is 12.5. The van der Waals surface area contributed by atoms with E-state index >= 15 is 0 Å². The van der Waals surface area contributed by atoms with Crippen LogP contribution in [-0.2, 0) is 11.3 Å². The van der Waals surface area contributed by atoms with Crippen molar-refractivity contribution in [1.29, 1.82) is 0 Å². The van der Waals surface area contributed by atoms with Crippen molar-refractivity contribution in [3.8, 4) is 16.9 Å². The van der Waals surface area contributed by atoms with Crippen molar-refractivity contribution >= 4 is 11.7 Å². The van der Waals surface area contributed by atoms with Gasteiger partial charge in [0, 0.05) is 37.9 Å². The first-order valence-electron chi connectivity index (χ1n) is 10.8. The second-order valence-corrected chi connectivity index (χ2v) is 7.80. The number of morpholine rings is 1. The SMILES string of the molecule is Cc1cccc(CNC(=O)Nc2ccc(-c3cn[nH]c3)cc2OCCN2CCOCC2)c1. The quantitative estimate of drug-likeness (QED) is 0.504. The lowest BCUT2D eigenvalue weighted by Crippen LogP contribution is -2.38. The Bertz CT molecular complexity index is 1020. The lowest BCUT2D eigenvalue weighted by molar-refractivity contribution is 0.0323. The molecule has 8 nitrogen and oxygen atoms in total. The average molecular weight is 436 g/mol. The number of urea groups is 1. The molecular weight excluding hydrogens is 406 g/mol. The number of hydrogen-bond donors (Lipinski definition) is 3. The maximum absolute atomic E-state index is 12.5. The van der Waals surface area contributed by atoms with Crippen molar-refractivity contribution in [2.45, 2.75) is 13.5 Å². The number of aromatic nitrogens is 2. The number of nitrogens with zero attached hydrogens (tertiary/aromatic N) is 2. The molecule has 2 heterocycles. The minimum atomic E-state index is -0.277. The first-order chi connectivity index (χ1) is 15.7. The number of benzene rings is 2. The molecule has 0 spiro atoms. The van der Waals surface area contributed by atoms with Gasteiger partial charge in [-0.25, -0.2) is 4.79 Å². The van der Waals surface area contributed by atoms with Gasteiger partial charge < -0.3 is 20.1 Å². The fourth-order valence-corrected chi connectivity index (χ4v) is 3.61. The van der Waals surface area contributed by atoms with E-state index in [0.717, 1.165) is 55.1 Å². The Kier molecular flexibility index (Phi) is 7.37. The number of nitrogens with one attached hydrogen (secondary N) is 3. The Morgan fingerprint density at radius 3 is 2.84 bits per heavy atom. The van der Waals surface area contributed by atoms with Crippen LogP contribution >= 0.6 is 0 Å². The smallest absolute Gasteiger partial charge is 0.319 e. The number of H-pyrrole nitrogens is 1. The molecule has 1 aliphatic rings. The van der Waals surface area contributed by atoms with Crippen molar-refractivity contribution in [1.82, 2.24) is 20.4 Å².